The van der Waals surface area contributed by atoms with E-state index in [1.165, 1.54) is 0 Å². The second kappa shape index (κ2) is 10.3. The standard InChI is InChI=1S/C23H22ClN3O3/c1-16-6-9-19(10-7-16)26-23(28)15-30-21-11-8-17(12-22(21)29-2)14-25-27-20-5-3-4-18(24)13-20/h3-14,27H,15H2,1-2H3,(H,26,28). The fraction of sp³-hybridized carbons (Fsp3) is 0.130. The Morgan fingerprint density at radius 1 is 1.03 bits per heavy atom. The lowest BCUT2D eigenvalue weighted by atomic mass is 10.2. The molecule has 3 rings (SSSR count). The minimum Gasteiger partial charge on any atom is -0.493 e. The number of amides is 1. The van der Waals surface area contributed by atoms with Crippen LogP contribution in [0.25, 0.3) is 0 Å². The number of carbonyl (C=O) groups excluding carboxylic acids is 1. The maximum atomic E-state index is 12.1. The fourth-order valence-corrected chi connectivity index (χ4v) is 2.79. The van der Waals surface area contributed by atoms with Crippen molar-refractivity contribution < 1.29 is 14.3 Å². The van der Waals surface area contributed by atoms with Crippen molar-refractivity contribution in [3.05, 3.63) is 82.9 Å². The summed E-state index contributed by atoms with van der Waals surface area (Å²) in [6.07, 6.45) is 1.65. The highest BCUT2D eigenvalue weighted by atomic mass is 35.5. The normalized spacial score (nSPS) is 10.6. The Morgan fingerprint density at radius 2 is 1.83 bits per heavy atom. The maximum Gasteiger partial charge on any atom is 0.262 e. The molecule has 0 aliphatic heterocycles. The molecule has 0 saturated carbocycles. The van der Waals surface area contributed by atoms with Crippen molar-refractivity contribution in [2.24, 2.45) is 5.10 Å². The van der Waals surface area contributed by atoms with Crippen LogP contribution in [-0.4, -0.2) is 25.8 Å². The highest BCUT2D eigenvalue weighted by Gasteiger charge is 2.09. The van der Waals surface area contributed by atoms with Gasteiger partial charge in [-0.05, 0) is 61.0 Å². The van der Waals surface area contributed by atoms with Gasteiger partial charge in [-0.3, -0.25) is 10.2 Å². The van der Waals surface area contributed by atoms with E-state index < -0.39 is 0 Å². The van der Waals surface area contributed by atoms with Gasteiger partial charge >= 0.3 is 0 Å². The highest BCUT2D eigenvalue weighted by Crippen LogP contribution is 2.27. The topological polar surface area (TPSA) is 71.9 Å². The summed E-state index contributed by atoms with van der Waals surface area (Å²) >= 11 is 5.95. The van der Waals surface area contributed by atoms with Gasteiger partial charge in [-0.2, -0.15) is 5.10 Å². The van der Waals surface area contributed by atoms with Crippen LogP contribution in [-0.2, 0) is 4.79 Å². The number of nitrogens with zero attached hydrogens (tertiary/aromatic N) is 1. The largest absolute Gasteiger partial charge is 0.493 e. The van der Waals surface area contributed by atoms with Gasteiger partial charge in [0.25, 0.3) is 5.91 Å². The monoisotopic (exact) mass is 423 g/mol. The number of carbonyl (C=O) groups is 1. The fourth-order valence-electron chi connectivity index (χ4n) is 2.60. The van der Waals surface area contributed by atoms with E-state index in [-0.39, 0.29) is 12.5 Å². The average Bonchev–Trinajstić information content (AvgIpc) is 2.74. The van der Waals surface area contributed by atoms with Gasteiger partial charge < -0.3 is 14.8 Å². The lowest BCUT2D eigenvalue weighted by molar-refractivity contribution is -0.118. The number of nitrogens with one attached hydrogen (secondary N) is 2. The number of rotatable bonds is 8. The molecule has 0 aromatic heterocycles. The van der Waals surface area contributed by atoms with E-state index in [1.54, 1.807) is 37.6 Å². The van der Waals surface area contributed by atoms with Gasteiger partial charge in [0.05, 0.1) is 19.0 Å². The Kier molecular flexibility index (Phi) is 7.29. The number of ether oxygens (including phenoxy) is 2. The van der Waals surface area contributed by atoms with E-state index in [1.807, 2.05) is 49.4 Å². The van der Waals surface area contributed by atoms with E-state index >= 15 is 0 Å². The second-order valence-corrected chi connectivity index (χ2v) is 6.93. The number of halogens is 1. The minimum absolute atomic E-state index is 0.131. The van der Waals surface area contributed by atoms with Crippen molar-refractivity contribution >= 4 is 35.1 Å². The molecule has 0 unspecified atom stereocenters. The van der Waals surface area contributed by atoms with Crippen molar-refractivity contribution in [3.8, 4) is 11.5 Å². The Morgan fingerprint density at radius 3 is 2.57 bits per heavy atom. The van der Waals surface area contributed by atoms with E-state index in [2.05, 4.69) is 15.8 Å². The molecule has 154 valence electrons. The summed E-state index contributed by atoms with van der Waals surface area (Å²) in [6, 6.07) is 20.2. The predicted molar refractivity (Wildman–Crippen MR) is 121 cm³/mol. The molecule has 6 nitrogen and oxygen atoms in total. The molecular formula is C23H22ClN3O3. The zero-order valence-corrected chi connectivity index (χ0v) is 17.4. The van der Waals surface area contributed by atoms with Crippen LogP contribution in [0.1, 0.15) is 11.1 Å². The van der Waals surface area contributed by atoms with Crippen LogP contribution in [0.15, 0.2) is 71.8 Å². The number of aryl methyl sites for hydroxylation is 1. The molecule has 0 heterocycles. The third-order valence-electron chi connectivity index (χ3n) is 4.11. The van der Waals surface area contributed by atoms with E-state index in [4.69, 9.17) is 21.1 Å². The Labute approximate surface area is 180 Å². The highest BCUT2D eigenvalue weighted by molar-refractivity contribution is 6.30. The van der Waals surface area contributed by atoms with E-state index in [9.17, 15) is 4.79 Å². The quantitative estimate of drug-likeness (QED) is 0.389. The summed E-state index contributed by atoms with van der Waals surface area (Å²) in [4.78, 5) is 12.1. The van der Waals surface area contributed by atoms with Gasteiger partial charge in [-0.15, -0.1) is 0 Å². The molecule has 0 fully saturated rings. The Hall–Kier alpha value is -3.51. The van der Waals surface area contributed by atoms with Crippen molar-refractivity contribution in [1.82, 2.24) is 0 Å². The van der Waals surface area contributed by atoms with Gasteiger partial charge in [0.15, 0.2) is 18.1 Å². The van der Waals surface area contributed by atoms with Gasteiger partial charge in [-0.25, -0.2) is 0 Å². The molecule has 0 atom stereocenters. The third-order valence-corrected chi connectivity index (χ3v) is 4.35. The number of hydrogen-bond acceptors (Lipinski definition) is 5. The van der Waals surface area contributed by atoms with Crippen LogP contribution in [0.2, 0.25) is 5.02 Å². The molecule has 7 heteroatoms. The summed E-state index contributed by atoms with van der Waals surface area (Å²) in [6.45, 7) is 1.86. The van der Waals surface area contributed by atoms with Crippen LogP contribution >= 0.6 is 11.6 Å². The maximum absolute atomic E-state index is 12.1. The van der Waals surface area contributed by atoms with E-state index in [0.717, 1.165) is 22.5 Å². The first-order chi connectivity index (χ1) is 14.5. The smallest absolute Gasteiger partial charge is 0.262 e. The lowest BCUT2D eigenvalue weighted by Crippen LogP contribution is -2.20. The zero-order chi connectivity index (χ0) is 21.3. The van der Waals surface area contributed by atoms with Crippen molar-refractivity contribution in [1.29, 1.82) is 0 Å². The number of anilines is 2. The van der Waals surface area contributed by atoms with Crippen LogP contribution in [0, 0.1) is 6.92 Å². The summed E-state index contributed by atoms with van der Waals surface area (Å²) < 4.78 is 11.0. The van der Waals surface area contributed by atoms with Gasteiger partial charge in [0.2, 0.25) is 0 Å². The molecule has 0 aliphatic rings. The molecule has 0 bridgehead atoms. The summed E-state index contributed by atoms with van der Waals surface area (Å²) in [5.41, 5.74) is 6.35. The lowest BCUT2D eigenvalue weighted by Gasteiger charge is -2.11. The van der Waals surface area contributed by atoms with Crippen molar-refractivity contribution in [2.75, 3.05) is 24.5 Å². The number of benzene rings is 3. The third kappa shape index (κ3) is 6.25. The summed E-state index contributed by atoms with van der Waals surface area (Å²) in [5.74, 6) is 0.721. The van der Waals surface area contributed by atoms with Crippen LogP contribution in [0.3, 0.4) is 0 Å². The number of hydrazone groups is 1. The molecule has 0 saturated heterocycles. The Bertz CT molecular complexity index is 1040. The van der Waals surface area contributed by atoms with Gasteiger partial charge in [0, 0.05) is 10.7 Å². The summed E-state index contributed by atoms with van der Waals surface area (Å²) in [5, 5.41) is 7.61. The summed E-state index contributed by atoms with van der Waals surface area (Å²) in [7, 11) is 1.54. The Balaban J connectivity index is 1.57. The predicted octanol–water partition coefficient (Wildman–Crippen LogP) is 5.12. The van der Waals surface area contributed by atoms with Gasteiger partial charge in [-0.1, -0.05) is 35.4 Å². The molecule has 1 amide bonds. The molecule has 3 aromatic rings. The minimum atomic E-state index is -0.253. The molecule has 0 radical (unpaired) electrons. The zero-order valence-electron chi connectivity index (χ0n) is 16.7. The first kappa shape index (κ1) is 21.2. The number of hydrogen-bond donors (Lipinski definition) is 2. The van der Waals surface area contributed by atoms with E-state index in [0.29, 0.717) is 16.5 Å². The molecular weight excluding hydrogens is 402 g/mol. The van der Waals surface area contributed by atoms with Crippen LogP contribution < -0.4 is 20.2 Å². The first-order valence-corrected chi connectivity index (χ1v) is 9.63. The first-order valence-electron chi connectivity index (χ1n) is 9.25. The molecule has 0 spiro atoms. The molecule has 0 aliphatic carbocycles. The SMILES string of the molecule is COc1cc(C=NNc2cccc(Cl)c2)ccc1OCC(=O)Nc1ccc(C)cc1. The van der Waals surface area contributed by atoms with Crippen LogP contribution in [0.5, 0.6) is 11.5 Å². The second-order valence-electron chi connectivity index (χ2n) is 6.49. The average molecular weight is 424 g/mol. The number of methoxy groups -OCH3 is 1. The van der Waals surface area contributed by atoms with Crippen LogP contribution in [0.4, 0.5) is 11.4 Å². The molecule has 3 aromatic carbocycles. The van der Waals surface area contributed by atoms with Crippen molar-refractivity contribution in [3.63, 3.8) is 0 Å². The van der Waals surface area contributed by atoms with Gasteiger partial charge in [0.1, 0.15) is 0 Å². The molecule has 2 N–H and O–H groups in total. The van der Waals surface area contributed by atoms with Crippen molar-refractivity contribution in [2.45, 2.75) is 6.92 Å². The molecule has 30 heavy (non-hydrogen) atoms.